The van der Waals surface area contributed by atoms with E-state index in [1.54, 1.807) is 18.0 Å². The van der Waals surface area contributed by atoms with Crippen LogP contribution in [0.2, 0.25) is 0 Å². The quantitative estimate of drug-likeness (QED) is 0.738. The van der Waals surface area contributed by atoms with E-state index < -0.39 is 11.2 Å². The highest BCUT2D eigenvalue weighted by atomic mass is 16.2. The standard InChI is InChI=1S/C21H22N4O3/c1-3-25-18-17(19(26)23-21(25)28)15(11-16(22-18)14-9-10-14)20(27)24(2)12-13-7-5-4-6-8-13/h4-8,11,14H,3,9-10,12H2,1-2H3,(H,23,26,28). The Labute approximate surface area is 161 Å². The van der Waals surface area contributed by atoms with Crippen molar-refractivity contribution >= 4 is 16.9 Å². The lowest BCUT2D eigenvalue weighted by Gasteiger charge is -2.19. The van der Waals surface area contributed by atoms with E-state index in [2.05, 4.69) is 9.97 Å². The largest absolute Gasteiger partial charge is 0.337 e. The van der Waals surface area contributed by atoms with Crippen molar-refractivity contribution in [3.05, 3.63) is 74.1 Å². The molecule has 1 amide bonds. The molecule has 2 heterocycles. The Morgan fingerprint density at radius 2 is 1.96 bits per heavy atom. The van der Waals surface area contributed by atoms with Crippen molar-refractivity contribution in [3.8, 4) is 0 Å². The molecule has 1 aromatic carbocycles. The second kappa shape index (κ2) is 7.07. The van der Waals surface area contributed by atoms with E-state index in [-0.39, 0.29) is 22.9 Å². The number of nitrogens with one attached hydrogen (secondary N) is 1. The molecule has 28 heavy (non-hydrogen) atoms. The van der Waals surface area contributed by atoms with Crippen LogP contribution in [0.1, 0.15) is 47.3 Å². The number of hydrogen-bond donors (Lipinski definition) is 1. The van der Waals surface area contributed by atoms with E-state index in [0.717, 1.165) is 24.1 Å². The topological polar surface area (TPSA) is 88.1 Å². The molecule has 0 unspecified atom stereocenters. The lowest BCUT2D eigenvalue weighted by Crippen LogP contribution is -2.33. The maximum absolute atomic E-state index is 13.3. The number of benzene rings is 1. The minimum Gasteiger partial charge on any atom is -0.337 e. The van der Waals surface area contributed by atoms with Gasteiger partial charge >= 0.3 is 5.69 Å². The molecule has 1 aliphatic rings. The number of fused-ring (bicyclic) bond motifs is 1. The fourth-order valence-electron chi connectivity index (χ4n) is 3.48. The van der Waals surface area contributed by atoms with Gasteiger partial charge < -0.3 is 4.90 Å². The van der Waals surface area contributed by atoms with Gasteiger partial charge in [-0.25, -0.2) is 9.78 Å². The van der Waals surface area contributed by atoms with Crippen LogP contribution in [0.15, 0.2) is 46.0 Å². The second-order valence-corrected chi connectivity index (χ2v) is 7.22. The lowest BCUT2D eigenvalue weighted by atomic mass is 10.1. The maximum Gasteiger partial charge on any atom is 0.329 e. The van der Waals surface area contributed by atoms with Gasteiger partial charge in [0.25, 0.3) is 11.5 Å². The number of hydrogen-bond acceptors (Lipinski definition) is 4. The number of carbonyl (C=O) groups excluding carboxylic acids is 1. The summed E-state index contributed by atoms with van der Waals surface area (Å²) in [5, 5.41) is 0.177. The molecule has 0 bridgehead atoms. The van der Waals surface area contributed by atoms with Crippen molar-refractivity contribution < 1.29 is 4.79 Å². The molecule has 7 heteroatoms. The van der Waals surface area contributed by atoms with Gasteiger partial charge in [0.1, 0.15) is 0 Å². The highest BCUT2D eigenvalue weighted by Gasteiger charge is 2.29. The number of rotatable bonds is 5. The highest BCUT2D eigenvalue weighted by Crippen LogP contribution is 2.40. The first kappa shape index (κ1) is 18.2. The smallest absolute Gasteiger partial charge is 0.329 e. The Morgan fingerprint density at radius 1 is 1.25 bits per heavy atom. The third kappa shape index (κ3) is 3.24. The number of aromatic nitrogens is 3. The van der Waals surface area contributed by atoms with Gasteiger partial charge in [-0.2, -0.15) is 0 Å². The summed E-state index contributed by atoms with van der Waals surface area (Å²) < 4.78 is 1.41. The first-order valence-electron chi connectivity index (χ1n) is 9.46. The third-order valence-corrected chi connectivity index (χ3v) is 5.12. The molecule has 1 fully saturated rings. The third-order valence-electron chi connectivity index (χ3n) is 5.12. The number of aryl methyl sites for hydroxylation is 1. The van der Waals surface area contributed by atoms with Crippen molar-refractivity contribution in [3.63, 3.8) is 0 Å². The van der Waals surface area contributed by atoms with E-state index in [1.807, 2.05) is 37.3 Å². The average Bonchev–Trinajstić information content (AvgIpc) is 3.53. The summed E-state index contributed by atoms with van der Waals surface area (Å²) in [5.74, 6) is 0.0278. The van der Waals surface area contributed by atoms with Crippen LogP contribution >= 0.6 is 0 Å². The van der Waals surface area contributed by atoms with Gasteiger partial charge in [-0.3, -0.25) is 19.1 Å². The molecule has 1 N–H and O–H groups in total. The fraction of sp³-hybridized carbons (Fsp3) is 0.333. The van der Waals surface area contributed by atoms with Crippen LogP contribution in [0.5, 0.6) is 0 Å². The lowest BCUT2D eigenvalue weighted by molar-refractivity contribution is 0.0786. The van der Waals surface area contributed by atoms with Gasteiger partial charge in [-0.15, -0.1) is 0 Å². The van der Waals surface area contributed by atoms with Crippen LogP contribution in [0, 0.1) is 0 Å². The van der Waals surface area contributed by atoms with E-state index >= 15 is 0 Å². The van der Waals surface area contributed by atoms with Gasteiger partial charge in [-0.1, -0.05) is 30.3 Å². The molecular formula is C21H22N4O3. The summed E-state index contributed by atoms with van der Waals surface area (Å²) in [5.41, 5.74) is 1.29. The Morgan fingerprint density at radius 3 is 2.61 bits per heavy atom. The molecule has 0 aliphatic heterocycles. The molecule has 7 nitrogen and oxygen atoms in total. The zero-order chi connectivity index (χ0) is 19.8. The van der Waals surface area contributed by atoms with E-state index in [0.29, 0.717) is 18.7 Å². The maximum atomic E-state index is 13.3. The van der Waals surface area contributed by atoms with Crippen molar-refractivity contribution in [1.82, 2.24) is 19.4 Å². The Balaban J connectivity index is 1.86. The van der Waals surface area contributed by atoms with Crippen LogP contribution in [0.3, 0.4) is 0 Å². The Hall–Kier alpha value is -3.22. The number of amides is 1. The zero-order valence-electron chi connectivity index (χ0n) is 15.9. The first-order chi connectivity index (χ1) is 13.5. The molecule has 0 atom stereocenters. The molecule has 1 saturated carbocycles. The monoisotopic (exact) mass is 378 g/mol. The zero-order valence-corrected chi connectivity index (χ0v) is 15.9. The summed E-state index contributed by atoms with van der Waals surface area (Å²) >= 11 is 0. The summed E-state index contributed by atoms with van der Waals surface area (Å²) in [6.45, 7) is 2.60. The Kier molecular flexibility index (Phi) is 4.58. The number of carbonyl (C=O) groups is 1. The van der Waals surface area contributed by atoms with Crippen LogP contribution in [0.25, 0.3) is 11.0 Å². The molecule has 144 valence electrons. The summed E-state index contributed by atoms with van der Waals surface area (Å²) in [4.78, 5) is 46.5. The highest BCUT2D eigenvalue weighted by molar-refractivity contribution is 6.05. The number of nitrogens with zero attached hydrogens (tertiary/aromatic N) is 3. The summed E-state index contributed by atoms with van der Waals surface area (Å²) in [6.07, 6.45) is 2.01. The molecule has 2 aromatic heterocycles. The van der Waals surface area contributed by atoms with Gasteiger partial charge in [-0.05, 0) is 31.4 Å². The predicted octanol–water partition coefficient (Wildman–Crippen LogP) is 2.25. The summed E-state index contributed by atoms with van der Waals surface area (Å²) in [7, 11) is 1.71. The van der Waals surface area contributed by atoms with Crippen LogP contribution < -0.4 is 11.2 Å². The molecule has 3 aromatic rings. The minimum atomic E-state index is -0.573. The van der Waals surface area contributed by atoms with Crippen molar-refractivity contribution in [1.29, 1.82) is 0 Å². The van der Waals surface area contributed by atoms with E-state index in [1.165, 1.54) is 4.57 Å². The molecule has 0 spiro atoms. The Bertz CT molecular complexity index is 1160. The van der Waals surface area contributed by atoms with Crippen LogP contribution in [0.4, 0.5) is 0 Å². The van der Waals surface area contributed by atoms with Crippen molar-refractivity contribution in [2.45, 2.75) is 38.8 Å². The van der Waals surface area contributed by atoms with E-state index in [4.69, 9.17) is 0 Å². The number of pyridine rings is 1. The minimum absolute atomic E-state index is 0.177. The number of aromatic amines is 1. The van der Waals surface area contributed by atoms with Crippen LogP contribution in [-0.2, 0) is 13.1 Å². The average molecular weight is 378 g/mol. The molecule has 1 aliphatic carbocycles. The van der Waals surface area contributed by atoms with Gasteiger partial charge in [0.15, 0.2) is 5.65 Å². The number of H-pyrrole nitrogens is 1. The molecular weight excluding hydrogens is 356 g/mol. The van der Waals surface area contributed by atoms with Gasteiger partial charge in [0.2, 0.25) is 0 Å². The van der Waals surface area contributed by atoms with E-state index in [9.17, 15) is 14.4 Å². The normalized spacial score (nSPS) is 13.6. The van der Waals surface area contributed by atoms with Crippen molar-refractivity contribution in [2.75, 3.05) is 7.05 Å². The first-order valence-corrected chi connectivity index (χ1v) is 9.46. The predicted molar refractivity (Wildman–Crippen MR) is 107 cm³/mol. The van der Waals surface area contributed by atoms with Gasteiger partial charge in [0.05, 0.1) is 10.9 Å². The molecule has 4 rings (SSSR count). The second-order valence-electron chi connectivity index (χ2n) is 7.22. The molecule has 0 radical (unpaired) electrons. The van der Waals surface area contributed by atoms with Crippen LogP contribution in [-0.4, -0.2) is 32.4 Å². The molecule has 0 saturated heterocycles. The fourth-order valence-corrected chi connectivity index (χ4v) is 3.48. The summed E-state index contributed by atoms with van der Waals surface area (Å²) in [6, 6.07) is 11.4. The SMILES string of the molecule is CCn1c(=O)[nH]c(=O)c2c(C(=O)N(C)Cc3ccccc3)cc(C3CC3)nc21. The van der Waals surface area contributed by atoms with Gasteiger partial charge in [0, 0.05) is 31.7 Å². The van der Waals surface area contributed by atoms with Crippen molar-refractivity contribution in [2.24, 2.45) is 0 Å².